The van der Waals surface area contributed by atoms with Gasteiger partial charge >= 0.3 is 0 Å². The zero-order valence-electron chi connectivity index (χ0n) is 9.70. The molecule has 0 fully saturated rings. The second kappa shape index (κ2) is 4.49. The molecule has 0 aliphatic carbocycles. The van der Waals surface area contributed by atoms with E-state index in [0.717, 1.165) is 22.8 Å². The van der Waals surface area contributed by atoms with Gasteiger partial charge in [-0.3, -0.25) is 0 Å². The second-order valence-corrected chi connectivity index (χ2v) is 3.77. The molecule has 2 rings (SSSR count). The molecule has 0 radical (unpaired) electrons. The van der Waals surface area contributed by atoms with Crippen molar-refractivity contribution in [2.75, 3.05) is 0 Å². The lowest BCUT2D eigenvalue weighted by Crippen LogP contribution is -2.13. The number of hydrogen-bond donors (Lipinski definition) is 1. The highest BCUT2D eigenvalue weighted by molar-refractivity contribution is 5.20. The smallest absolute Gasteiger partial charge is 0.208 e. The Morgan fingerprint density at radius 2 is 2.06 bits per heavy atom. The van der Waals surface area contributed by atoms with Crippen LogP contribution in [0.2, 0.25) is 0 Å². The van der Waals surface area contributed by atoms with Crippen LogP contribution in [-0.4, -0.2) is 10.1 Å². The SMILES string of the molecule is Cc1cnc(CNCc2c(C)noc2C)o1. The third-order valence-electron chi connectivity index (χ3n) is 2.43. The Hall–Kier alpha value is -1.62. The first-order valence-corrected chi connectivity index (χ1v) is 5.20. The van der Waals surface area contributed by atoms with Crippen LogP contribution < -0.4 is 5.32 Å². The van der Waals surface area contributed by atoms with Gasteiger partial charge in [0.25, 0.3) is 0 Å². The van der Waals surface area contributed by atoms with Gasteiger partial charge in [0, 0.05) is 12.1 Å². The summed E-state index contributed by atoms with van der Waals surface area (Å²) in [6.07, 6.45) is 1.72. The minimum Gasteiger partial charge on any atom is -0.445 e. The molecule has 86 valence electrons. The highest BCUT2D eigenvalue weighted by Gasteiger charge is 2.08. The first-order valence-electron chi connectivity index (χ1n) is 5.20. The van der Waals surface area contributed by atoms with Gasteiger partial charge in [0.15, 0.2) is 0 Å². The van der Waals surface area contributed by atoms with E-state index < -0.39 is 0 Å². The van der Waals surface area contributed by atoms with Crippen LogP contribution in [0.4, 0.5) is 0 Å². The second-order valence-electron chi connectivity index (χ2n) is 3.77. The van der Waals surface area contributed by atoms with Crippen molar-refractivity contribution in [3.63, 3.8) is 0 Å². The third kappa shape index (κ3) is 2.30. The van der Waals surface area contributed by atoms with Crippen molar-refractivity contribution < 1.29 is 8.94 Å². The molecule has 0 saturated heterocycles. The Morgan fingerprint density at radius 3 is 2.62 bits per heavy atom. The fourth-order valence-corrected chi connectivity index (χ4v) is 1.53. The highest BCUT2D eigenvalue weighted by Crippen LogP contribution is 2.11. The fourth-order valence-electron chi connectivity index (χ4n) is 1.53. The molecule has 0 unspecified atom stereocenters. The monoisotopic (exact) mass is 221 g/mol. The summed E-state index contributed by atoms with van der Waals surface area (Å²) in [6.45, 7) is 7.04. The van der Waals surface area contributed by atoms with E-state index in [1.54, 1.807) is 6.20 Å². The summed E-state index contributed by atoms with van der Waals surface area (Å²) in [4.78, 5) is 4.11. The predicted octanol–water partition coefficient (Wildman–Crippen LogP) is 1.88. The van der Waals surface area contributed by atoms with Crippen LogP contribution in [-0.2, 0) is 13.1 Å². The number of nitrogens with zero attached hydrogens (tertiary/aromatic N) is 2. The standard InChI is InChI=1S/C11H15N3O2/c1-7-4-13-11(15-7)6-12-5-10-8(2)14-16-9(10)3/h4,12H,5-6H2,1-3H3. The van der Waals surface area contributed by atoms with Crippen LogP contribution >= 0.6 is 0 Å². The van der Waals surface area contributed by atoms with Gasteiger partial charge in [-0.25, -0.2) is 4.98 Å². The first kappa shape index (κ1) is 10.9. The van der Waals surface area contributed by atoms with E-state index in [-0.39, 0.29) is 0 Å². The number of hydrogen-bond acceptors (Lipinski definition) is 5. The molecule has 2 aromatic rings. The fraction of sp³-hybridized carbons (Fsp3) is 0.455. The lowest BCUT2D eigenvalue weighted by Gasteiger charge is -2.00. The van der Waals surface area contributed by atoms with Gasteiger partial charge in [0.1, 0.15) is 11.5 Å². The molecule has 0 saturated carbocycles. The molecule has 0 atom stereocenters. The topological polar surface area (TPSA) is 64.1 Å². The molecular formula is C11H15N3O2. The van der Waals surface area contributed by atoms with Crippen LogP contribution in [0.5, 0.6) is 0 Å². The maximum atomic E-state index is 5.35. The largest absolute Gasteiger partial charge is 0.445 e. The Kier molecular flexibility index (Phi) is 3.05. The molecule has 0 amide bonds. The zero-order chi connectivity index (χ0) is 11.5. The average Bonchev–Trinajstić information content (AvgIpc) is 2.78. The molecule has 0 spiro atoms. The van der Waals surface area contributed by atoms with Crippen molar-refractivity contribution >= 4 is 0 Å². The Bertz CT molecular complexity index is 454. The van der Waals surface area contributed by atoms with Crippen molar-refractivity contribution in [3.05, 3.63) is 34.9 Å². The van der Waals surface area contributed by atoms with E-state index in [0.29, 0.717) is 19.0 Å². The lowest BCUT2D eigenvalue weighted by molar-refractivity contribution is 0.391. The predicted molar refractivity (Wildman–Crippen MR) is 57.8 cm³/mol. The van der Waals surface area contributed by atoms with Crippen molar-refractivity contribution in [1.82, 2.24) is 15.5 Å². The number of rotatable bonds is 4. The molecule has 2 heterocycles. The van der Waals surface area contributed by atoms with Crippen LogP contribution in [0.1, 0.15) is 28.7 Å². The normalized spacial score (nSPS) is 10.9. The van der Waals surface area contributed by atoms with E-state index in [1.807, 2.05) is 20.8 Å². The van der Waals surface area contributed by atoms with Gasteiger partial charge in [-0.05, 0) is 20.8 Å². The summed E-state index contributed by atoms with van der Waals surface area (Å²) in [5, 5.41) is 7.13. The van der Waals surface area contributed by atoms with Gasteiger partial charge in [0.05, 0.1) is 18.4 Å². The number of aryl methyl sites for hydroxylation is 3. The van der Waals surface area contributed by atoms with E-state index >= 15 is 0 Å². The first-order chi connectivity index (χ1) is 7.66. The number of nitrogens with one attached hydrogen (secondary N) is 1. The summed E-state index contributed by atoms with van der Waals surface area (Å²) in [7, 11) is 0. The number of aromatic nitrogens is 2. The highest BCUT2D eigenvalue weighted by atomic mass is 16.5. The summed E-state index contributed by atoms with van der Waals surface area (Å²) in [6, 6.07) is 0. The van der Waals surface area contributed by atoms with Gasteiger partial charge in [-0.15, -0.1) is 0 Å². The summed E-state index contributed by atoms with van der Waals surface area (Å²) >= 11 is 0. The van der Waals surface area contributed by atoms with Crippen molar-refractivity contribution in [3.8, 4) is 0 Å². The van der Waals surface area contributed by atoms with E-state index in [1.165, 1.54) is 0 Å². The Morgan fingerprint density at radius 1 is 1.25 bits per heavy atom. The Balaban J connectivity index is 1.89. The summed E-state index contributed by atoms with van der Waals surface area (Å²) < 4.78 is 10.4. The molecule has 5 nitrogen and oxygen atoms in total. The van der Waals surface area contributed by atoms with Crippen LogP contribution in [0, 0.1) is 20.8 Å². The molecule has 0 aliphatic rings. The maximum absolute atomic E-state index is 5.35. The maximum Gasteiger partial charge on any atom is 0.208 e. The van der Waals surface area contributed by atoms with Crippen LogP contribution in [0.25, 0.3) is 0 Å². The molecule has 1 N–H and O–H groups in total. The van der Waals surface area contributed by atoms with Gasteiger partial charge in [-0.1, -0.05) is 5.16 Å². The minimum absolute atomic E-state index is 0.609. The molecule has 2 aromatic heterocycles. The summed E-state index contributed by atoms with van der Waals surface area (Å²) in [5.74, 6) is 2.38. The molecule has 0 aliphatic heterocycles. The molecule has 16 heavy (non-hydrogen) atoms. The zero-order valence-corrected chi connectivity index (χ0v) is 9.70. The minimum atomic E-state index is 0.609. The third-order valence-corrected chi connectivity index (χ3v) is 2.43. The summed E-state index contributed by atoms with van der Waals surface area (Å²) in [5.41, 5.74) is 2.02. The van der Waals surface area contributed by atoms with Crippen LogP contribution in [0.3, 0.4) is 0 Å². The molecule has 0 bridgehead atoms. The quantitative estimate of drug-likeness (QED) is 0.853. The number of oxazole rings is 1. The van der Waals surface area contributed by atoms with Crippen molar-refractivity contribution in [1.29, 1.82) is 0 Å². The Labute approximate surface area is 93.8 Å². The van der Waals surface area contributed by atoms with E-state index in [2.05, 4.69) is 15.5 Å². The van der Waals surface area contributed by atoms with E-state index in [4.69, 9.17) is 8.94 Å². The molecule has 5 heteroatoms. The molecular weight excluding hydrogens is 206 g/mol. The van der Waals surface area contributed by atoms with Crippen LogP contribution in [0.15, 0.2) is 15.1 Å². The van der Waals surface area contributed by atoms with Crippen molar-refractivity contribution in [2.45, 2.75) is 33.9 Å². The lowest BCUT2D eigenvalue weighted by atomic mass is 10.2. The van der Waals surface area contributed by atoms with Gasteiger partial charge < -0.3 is 14.3 Å². The average molecular weight is 221 g/mol. The van der Waals surface area contributed by atoms with Gasteiger partial charge in [-0.2, -0.15) is 0 Å². The van der Waals surface area contributed by atoms with Gasteiger partial charge in [0.2, 0.25) is 5.89 Å². The molecule has 0 aromatic carbocycles. The van der Waals surface area contributed by atoms with Crippen molar-refractivity contribution in [2.24, 2.45) is 0 Å². The van der Waals surface area contributed by atoms with E-state index in [9.17, 15) is 0 Å².